The zero-order valence-electron chi connectivity index (χ0n) is 12.2. The van der Waals surface area contributed by atoms with E-state index < -0.39 is 0 Å². The Kier molecular flexibility index (Phi) is 6.18. The summed E-state index contributed by atoms with van der Waals surface area (Å²) >= 11 is 4.95. The molecule has 1 unspecified atom stereocenters. The molecule has 0 amide bonds. The van der Waals surface area contributed by atoms with Gasteiger partial charge in [0.15, 0.2) is 0 Å². The summed E-state index contributed by atoms with van der Waals surface area (Å²) in [6.45, 7) is 5.42. The molecule has 19 heavy (non-hydrogen) atoms. The summed E-state index contributed by atoms with van der Waals surface area (Å²) in [5.41, 5.74) is 6.27. The third-order valence-electron chi connectivity index (χ3n) is 2.70. The Bertz CT molecular complexity index is 408. The zero-order valence-corrected chi connectivity index (χ0v) is 13.0. The number of aromatic nitrogens is 1. The third-order valence-corrected chi connectivity index (χ3v) is 2.90. The van der Waals surface area contributed by atoms with Gasteiger partial charge in [0.2, 0.25) is 0 Å². The Labute approximate surface area is 121 Å². The highest BCUT2D eigenvalue weighted by Crippen LogP contribution is 2.12. The van der Waals surface area contributed by atoms with Gasteiger partial charge in [0.25, 0.3) is 0 Å². The van der Waals surface area contributed by atoms with Crippen molar-refractivity contribution in [3.63, 3.8) is 0 Å². The molecule has 5 heteroatoms. The molecule has 1 rings (SSSR count). The van der Waals surface area contributed by atoms with Gasteiger partial charge in [0.1, 0.15) is 10.8 Å². The van der Waals surface area contributed by atoms with Gasteiger partial charge >= 0.3 is 0 Å². The van der Waals surface area contributed by atoms with E-state index in [4.69, 9.17) is 18.0 Å². The molecule has 0 fully saturated rings. The number of nitrogens with two attached hydrogens (primary N) is 1. The first kappa shape index (κ1) is 15.9. The quantitative estimate of drug-likeness (QED) is 0.749. The highest BCUT2D eigenvalue weighted by molar-refractivity contribution is 7.80. The molecule has 0 spiro atoms. The maximum absolute atomic E-state index is 5.61. The molecule has 106 valence electrons. The lowest BCUT2D eigenvalue weighted by Crippen LogP contribution is -2.34. The first-order valence-corrected chi connectivity index (χ1v) is 6.97. The van der Waals surface area contributed by atoms with Gasteiger partial charge in [-0.3, -0.25) is 0 Å². The second-order valence-corrected chi connectivity index (χ2v) is 5.95. The minimum Gasteiger partial charge on any atom is -0.388 e. The van der Waals surface area contributed by atoms with Crippen LogP contribution in [0.4, 0.5) is 5.82 Å². The summed E-state index contributed by atoms with van der Waals surface area (Å²) in [4.78, 5) is 6.94. The topological polar surface area (TPSA) is 54.2 Å². The monoisotopic (exact) mass is 280 g/mol. The van der Waals surface area contributed by atoms with Crippen LogP contribution in [0.15, 0.2) is 18.2 Å². The SMILES string of the molecule is CC(C)CC(CN(C)C)Nc1cccc(C(N)=S)n1. The van der Waals surface area contributed by atoms with Crippen LogP contribution in [0.5, 0.6) is 0 Å². The molecule has 0 saturated carbocycles. The van der Waals surface area contributed by atoms with Crippen molar-refractivity contribution in [1.29, 1.82) is 0 Å². The largest absolute Gasteiger partial charge is 0.388 e. The molecule has 0 aliphatic carbocycles. The molecule has 1 aromatic heterocycles. The molecular formula is C14H24N4S. The van der Waals surface area contributed by atoms with Crippen LogP contribution in [0, 0.1) is 5.92 Å². The van der Waals surface area contributed by atoms with E-state index in [9.17, 15) is 0 Å². The lowest BCUT2D eigenvalue weighted by atomic mass is 10.0. The van der Waals surface area contributed by atoms with Crippen LogP contribution in [0.1, 0.15) is 26.0 Å². The van der Waals surface area contributed by atoms with E-state index in [-0.39, 0.29) is 0 Å². The standard InChI is InChI=1S/C14H24N4S/c1-10(2)8-11(9-18(3)4)16-13-7-5-6-12(17-13)14(15)19/h5-7,10-11H,8-9H2,1-4H3,(H2,15,19)(H,16,17). The summed E-state index contributed by atoms with van der Waals surface area (Å²) < 4.78 is 0. The van der Waals surface area contributed by atoms with Crippen molar-refractivity contribution in [1.82, 2.24) is 9.88 Å². The minimum atomic E-state index is 0.330. The summed E-state index contributed by atoms with van der Waals surface area (Å²) in [7, 11) is 4.15. The van der Waals surface area contributed by atoms with Gasteiger partial charge in [0, 0.05) is 12.6 Å². The minimum absolute atomic E-state index is 0.330. The first-order valence-electron chi connectivity index (χ1n) is 6.56. The molecule has 1 atom stereocenters. The number of hydrogen-bond acceptors (Lipinski definition) is 4. The highest BCUT2D eigenvalue weighted by Gasteiger charge is 2.13. The molecule has 4 nitrogen and oxygen atoms in total. The van der Waals surface area contributed by atoms with Gasteiger partial charge < -0.3 is 16.0 Å². The highest BCUT2D eigenvalue weighted by atomic mass is 32.1. The van der Waals surface area contributed by atoms with Crippen molar-refractivity contribution >= 4 is 23.0 Å². The lowest BCUT2D eigenvalue weighted by molar-refractivity contribution is 0.356. The number of likely N-dealkylation sites (N-methyl/N-ethyl adjacent to an activating group) is 1. The number of rotatable bonds is 7. The van der Waals surface area contributed by atoms with E-state index in [0.717, 1.165) is 18.8 Å². The molecule has 0 saturated heterocycles. The van der Waals surface area contributed by atoms with E-state index in [0.29, 0.717) is 22.6 Å². The van der Waals surface area contributed by atoms with Gasteiger partial charge in [-0.15, -0.1) is 0 Å². The van der Waals surface area contributed by atoms with Gasteiger partial charge in [-0.05, 0) is 38.6 Å². The molecule has 0 aromatic carbocycles. The average Bonchev–Trinajstić information content (AvgIpc) is 2.27. The van der Waals surface area contributed by atoms with Crippen LogP contribution in [0.25, 0.3) is 0 Å². The Balaban J connectivity index is 2.77. The van der Waals surface area contributed by atoms with E-state index in [1.54, 1.807) is 0 Å². The lowest BCUT2D eigenvalue weighted by Gasteiger charge is -2.24. The summed E-state index contributed by atoms with van der Waals surface area (Å²) in [5, 5.41) is 3.47. The molecule has 3 N–H and O–H groups in total. The van der Waals surface area contributed by atoms with Crippen molar-refractivity contribution in [2.75, 3.05) is 26.0 Å². The first-order chi connectivity index (χ1) is 8.88. The number of anilines is 1. The Morgan fingerprint density at radius 3 is 2.63 bits per heavy atom. The van der Waals surface area contributed by atoms with E-state index in [2.05, 4.69) is 43.1 Å². The van der Waals surface area contributed by atoms with Gasteiger partial charge in [-0.25, -0.2) is 4.98 Å². The fourth-order valence-corrected chi connectivity index (χ4v) is 2.16. The number of nitrogens with zero attached hydrogens (tertiary/aromatic N) is 2. The van der Waals surface area contributed by atoms with Gasteiger partial charge in [-0.1, -0.05) is 32.1 Å². The fourth-order valence-electron chi connectivity index (χ4n) is 2.05. The van der Waals surface area contributed by atoms with Crippen molar-refractivity contribution in [2.24, 2.45) is 11.7 Å². The van der Waals surface area contributed by atoms with E-state index in [1.807, 2.05) is 18.2 Å². The number of thiocarbonyl (C=S) groups is 1. The smallest absolute Gasteiger partial charge is 0.126 e. The summed E-state index contributed by atoms with van der Waals surface area (Å²) in [6.07, 6.45) is 1.09. The van der Waals surface area contributed by atoms with Crippen LogP contribution in [0.3, 0.4) is 0 Å². The summed E-state index contributed by atoms with van der Waals surface area (Å²) in [5.74, 6) is 1.47. The van der Waals surface area contributed by atoms with Crippen molar-refractivity contribution in [3.05, 3.63) is 23.9 Å². The van der Waals surface area contributed by atoms with Crippen LogP contribution in [0.2, 0.25) is 0 Å². The predicted octanol–water partition coefficient (Wildman–Crippen LogP) is 2.10. The summed E-state index contributed by atoms with van der Waals surface area (Å²) in [6, 6.07) is 6.07. The van der Waals surface area contributed by atoms with Crippen molar-refractivity contribution in [3.8, 4) is 0 Å². The molecule has 1 aromatic rings. The maximum Gasteiger partial charge on any atom is 0.126 e. The van der Waals surface area contributed by atoms with Crippen molar-refractivity contribution in [2.45, 2.75) is 26.3 Å². The van der Waals surface area contributed by atoms with E-state index in [1.165, 1.54) is 0 Å². The normalized spacial score (nSPS) is 12.7. The van der Waals surface area contributed by atoms with Gasteiger partial charge in [0.05, 0.1) is 5.69 Å². The van der Waals surface area contributed by atoms with Gasteiger partial charge in [-0.2, -0.15) is 0 Å². The molecule has 0 aliphatic rings. The average molecular weight is 280 g/mol. The number of pyridine rings is 1. The Morgan fingerprint density at radius 2 is 2.11 bits per heavy atom. The van der Waals surface area contributed by atoms with E-state index >= 15 is 0 Å². The second-order valence-electron chi connectivity index (χ2n) is 5.51. The number of hydrogen-bond donors (Lipinski definition) is 2. The molecular weight excluding hydrogens is 256 g/mol. The molecule has 0 bridgehead atoms. The maximum atomic E-state index is 5.61. The third kappa shape index (κ3) is 5.98. The molecule has 1 heterocycles. The van der Waals surface area contributed by atoms with Crippen molar-refractivity contribution < 1.29 is 0 Å². The Hall–Kier alpha value is -1.20. The predicted molar refractivity (Wildman–Crippen MR) is 85.5 cm³/mol. The van der Waals surface area contributed by atoms with Crippen LogP contribution in [-0.4, -0.2) is 41.6 Å². The second kappa shape index (κ2) is 7.40. The molecule has 0 aliphatic heterocycles. The zero-order chi connectivity index (χ0) is 14.4. The number of nitrogens with one attached hydrogen (secondary N) is 1. The van der Waals surface area contributed by atoms with Crippen LogP contribution >= 0.6 is 12.2 Å². The van der Waals surface area contributed by atoms with Crippen LogP contribution in [-0.2, 0) is 0 Å². The fraction of sp³-hybridized carbons (Fsp3) is 0.571. The Morgan fingerprint density at radius 1 is 1.42 bits per heavy atom. The van der Waals surface area contributed by atoms with Crippen LogP contribution < -0.4 is 11.1 Å². The molecule has 0 radical (unpaired) electrons.